The van der Waals surface area contributed by atoms with E-state index in [1.165, 1.54) is 23.7 Å². The summed E-state index contributed by atoms with van der Waals surface area (Å²) in [4.78, 5) is 37.5. The molecule has 0 saturated carbocycles. The van der Waals surface area contributed by atoms with E-state index < -0.39 is 23.8 Å². The first kappa shape index (κ1) is 19.8. The molecule has 28 heavy (non-hydrogen) atoms. The van der Waals surface area contributed by atoms with Crippen molar-refractivity contribution in [2.75, 3.05) is 0 Å². The van der Waals surface area contributed by atoms with Crippen molar-refractivity contribution >= 4 is 45.0 Å². The fourth-order valence-electron chi connectivity index (χ4n) is 2.40. The largest absolute Gasteiger partial charge is 0.459 e. The number of benzene rings is 1. The van der Waals surface area contributed by atoms with Gasteiger partial charge in [-0.1, -0.05) is 30.3 Å². The molecule has 0 aliphatic rings. The fraction of sp³-hybridized carbons (Fsp3) is 0.105. The highest BCUT2D eigenvalue weighted by molar-refractivity contribution is 9.11. The van der Waals surface area contributed by atoms with Crippen LogP contribution in [0.15, 0.2) is 69.1 Å². The van der Waals surface area contributed by atoms with Gasteiger partial charge in [-0.2, -0.15) is 0 Å². The van der Waals surface area contributed by atoms with Crippen LogP contribution in [0.4, 0.5) is 0 Å². The zero-order chi connectivity index (χ0) is 19.9. The predicted molar refractivity (Wildman–Crippen MR) is 108 cm³/mol. The smallest absolute Gasteiger partial charge is 0.287 e. The van der Waals surface area contributed by atoms with Crippen LogP contribution in [0.5, 0.6) is 0 Å². The third-order valence-corrected chi connectivity index (χ3v) is 5.37. The Hall–Kier alpha value is -2.91. The van der Waals surface area contributed by atoms with Gasteiger partial charge in [0.05, 0.1) is 14.9 Å². The molecule has 3 amide bonds. The van der Waals surface area contributed by atoms with Crippen LogP contribution in [0.3, 0.4) is 0 Å². The van der Waals surface area contributed by atoms with Crippen molar-refractivity contribution in [3.63, 3.8) is 0 Å². The van der Waals surface area contributed by atoms with E-state index in [1.807, 2.05) is 30.3 Å². The molecule has 0 saturated heterocycles. The minimum absolute atomic E-state index is 0.0957. The molecule has 1 aromatic carbocycles. The number of furan rings is 1. The van der Waals surface area contributed by atoms with Crippen molar-refractivity contribution in [1.29, 1.82) is 0 Å². The van der Waals surface area contributed by atoms with E-state index in [0.717, 1.165) is 9.35 Å². The summed E-state index contributed by atoms with van der Waals surface area (Å²) in [5.41, 5.74) is 5.59. The number of nitrogens with one attached hydrogen (secondary N) is 3. The highest BCUT2D eigenvalue weighted by atomic mass is 79.9. The molecule has 2 aromatic heterocycles. The van der Waals surface area contributed by atoms with Gasteiger partial charge < -0.3 is 9.73 Å². The Morgan fingerprint density at radius 1 is 0.964 bits per heavy atom. The molecular formula is C19H16BrN3O4S. The SMILES string of the molecule is O=C(N[C@@H](Cc1ccccc1)C(=O)NNC(=O)c1ccc(Br)s1)c1ccco1. The van der Waals surface area contributed by atoms with Crippen molar-refractivity contribution in [3.8, 4) is 0 Å². The van der Waals surface area contributed by atoms with Gasteiger partial charge in [0, 0.05) is 6.42 Å². The van der Waals surface area contributed by atoms with Crippen molar-refractivity contribution in [2.24, 2.45) is 0 Å². The van der Waals surface area contributed by atoms with Crippen molar-refractivity contribution in [2.45, 2.75) is 12.5 Å². The van der Waals surface area contributed by atoms with Gasteiger partial charge in [-0.3, -0.25) is 25.2 Å². The minimum atomic E-state index is -0.907. The van der Waals surface area contributed by atoms with E-state index in [9.17, 15) is 14.4 Å². The van der Waals surface area contributed by atoms with Gasteiger partial charge in [0.1, 0.15) is 6.04 Å². The Kier molecular flexibility index (Phi) is 6.62. The van der Waals surface area contributed by atoms with Crippen LogP contribution < -0.4 is 16.2 Å². The maximum absolute atomic E-state index is 12.6. The van der Waals surface area contributed by atoms with Gasteiger partial charge in [-0.25, -0.2) is 0 Å². The number of amides is 3. The highest BCUT2D eigenvalue weighted by Crippen LogP contribution is 2.21. The van der Waals surface area contributed by atoms with Gasteiger partial charge in [0.25, 0.3) is 17.7 Å². The lowest BCUT2D eigenvalue weighted by molar-refractivity contribution is -0.123. The molecule has 3 aromatic rings. The zero-order valence-corrected chi connectivity index (χ0v) is 16.9. The molecule has 3 rings (SSSR count). The maximum Gasteiger partial charge on any atom is 0.287 e. The monoisotopic (exact) mass is 461 g/mol. The summed E-state index contributed by atoms with van der Waals surface area (Å²) in [6, 6.07) is 14.8. The molecule has 7 nitrogen and oxygen atoms in total. The second kappa shape index (κ2) is 9.34. The summed E-state index contributed by atoms with van der Waals surface area (Å²) in [6.45, 7) is 0. The fourth-order valence-corrected chi connectivity index (χ4v) is 3.68. The summed E-state index contributed by atoms with van der Waals surface area (Å²) in [7, 11) is 0. The molecule has 0 aliphatic heterocycles. The van der Waals surface area contributed by atoms with Crippen LogP contribution in [0.2, 0.25) is 0 Å². The van der Waals surface area contributed by atoms with E-state index in [4.69, 9.17) is 4.42 Å². The topological polar surface area (TPSA) is 100 Å². The van der Waals surface area contributed by atoms with E-state index in [2.05, 4.69) is 32.1 Å². The summed E-state index contributed by atoms with van der Waals surface area (Å²) in [5.74, 6) is -1.42. The highest BCUT2D eigenvalue weighted by Gasteiger charge is 2.23. The number of hydrogen-bond donors (Lipinski definition) is 3. The second-order valence-corrected chi connectivity index (χ2v) is 8.20. The summed E-state index contributed by atoms with van der Waals surface area (Å²) >= 11 is 4.52. The third-order valence-electron chi connectivity index (χ3n) is 3.75. The average molecular weight is 462 g/mol. The molecule has 0 aliphatic carbocycles. The lowest BCUT2D eigenvalue weighted by atomic mass is 10.1. The Morgan fingerprint density at radius 2 is 1.75 bits per heavy atom. The summed E-state index contributed by atoms with van der Waals surface area (Å²) in [5, 5.41) is 2.63. The third kappa shape index (κ3) is 5.30. The molecular weight excluding hydrogens is 446 g/mol. The van der Waals surface area contributed by atoms with Crippen LogP contribution in [0.1, 0.15) is 25.8 Å². The van der Waals surface area contributed by atoms with E-state index in [-0.39, 0.29) is 12.2 Å². The number of carbonyl (C=O) groups is 3. The Labute approximate surface area is 173 Å². The first-order valence-electron chi connectivity index (χ1n) is 8.27. The molecule has 0 unspecified atom stereocenters. The van der Waals surface area contributed by atoms with Crippen molar-refractivity contribution in [1.82, 2.24) is 16.2 Å². The average Bonchev–Trinajstić information content (AvgIpc) is 3.38. The number of rotatable bonds is 6. The first-order valence-corrected chi connectivity index (χ1v) is 9.87. The van der Waals surface area contributed by atoms with Crippen LogP contribution in [-0.4, -0.2) is 23.8 Å². The van der Waals surface area contributed by atoms with Gasteiger partial charge in [-0.15, -0.1) is 11.3 Å². The predicted octanol–water partition coefficient (Wildman–Crippen LogP) is 2.91. The standard InChI is InChI=1S/C19H16BrN3O4S/c20-16-9-8-15(28-16)19(26)23-22-17(24)13(11-12-5-2-1-3-6-12)21-18(25)14-7-4-10-27-14/h1-10,13H,11H2,(H,21,25)(H,22,24)(H,23,26)/t13-/m0/s1. The molecule has 0 bridgehead atoms. The van der Waals surface area contributed by atoms with Crippen LogP contribution >= 0.6 is 27.3 Å². The van der Waals surface area contributed by atoms with Crippen LogP contribution in [0, 0.1) is 0 Å². The molecule has 3 N–H and O–H groups in total. The molecule has 0 radical (unpaired) electrons. The number of hydrogen-bond acceptors (Lipinski definition) is 5. The molecule has 9 heteroatoms. The van der Waals surface area contributed by atoms with Crippen LogP contribution in [0.25, 0.3) is 0 Å². The number of thiophene rings is 1. The Morgan fingerprint density at radius 3 is 2.39 bits per heavy atom. The second-order valence-electron chi connectivity index (χ2n) is 5.74. The normalized spacial score (nSPS) is 11.5. The first-order chi connectivity index (χ1) is 13.5. The summed E-state index contributed by atoms with van der Waals surface area (Å²) in [6.07, 6.45) is 1.63. The van der Waals surface area contributed by atoms with Crippen LogP contribution in [-0.2, 0) is 11.2 Å². The van der Waals surface area contributed by atoms with E-state index >= 15 is 0 Å². The molecule has 0 spiro atoms. The summed E-state index contributed by atoms with van der Waals surface area (Å²) < 4.78 is 5.87. The van der Waals surface area contributed by atoms with E-state index in [1.54, 1.807) is 18.2 Å². The lowest BCUT2D eigenvalue weighted by Gasteiger charge is -2.18. The minimum Gasteiger partial charge on any atom is -0.459 e. The molecule has 1 atom stereocenters. The Bertz CT molecular complexity index is 957. The van der Waals surface area contributed by atoms with Crippen molar-refractivity contribution < 1.29 is 18.8 Å². The zero-order valence-electron chi connectivity index (χ0n) is 14.5. The van der Waals surface area contributed by atoms with Gasteiger partial charge in [0.2, 0.25) is 0 Å². The number of hydrazine groups is 1. The molecule has 2 heterocycles. The van der Waals surface area contributed by atoms with Gasteiger partial charge >= 0.3 is 0 Å². The Balaban J connectivity index is 1.66. The lowest BCUT2D eigenvalue weighted by Crippen LogP contribution is -2.53. The van der Waals surface area contributed by atoms with E-state index in [0.29, 0.717) is 4.88 Å². The number of halogens is 1. The maximum atomic E-state index is 12.6. The van der Waals surface area contributed by atoms with Gasteiger partial charge in [0.15, 0.2) is 5.76 Å². The quantitative estimate of drug-likeness (QED) is 0.491. The van der Waals surface area contributed by atoms with Crippen molar-refractivity contribution in [3.05, 3.63) is 80.8 Å². The molecule has 144 valence electrons. The van der Waals surface area contributed by atoms with Gasteiger partial charge in [-0.05, 0) is 45.8 Å². The molecule has 0 fully saturated rings. The number of carbonyl (C=O) groups excluding carboxylic acids is 3.